The minimum absolute atomic E-state index is 0.0965. The fourth-order valence-electron chi connectivity index (χ4n) is 3.96. The van der Waals surface area contributed by atoms with Crippen molar-refractivity contribution in [2.45, 2.75) is 52.6 Å². The first-order chi connectivity index (χ1) is 11.3. The van der Waals surface area contributed by atoms with E-state index in [0.717, 1.165) is 19.3 Å². The van der Waals surface area contributed by atoms with E-state index in [1.165, 1.54) is 23.1 Å². The number of halogens is 1. The van der Waals surface area contributed by atoms with E-state index < -0.39 is 0 Å². The van der Waals surface area contributed by atoms with Crippen molar-refractivity contribution in [2.24, 2.45) is 11.3 Å². The number of benzene rings is 1. The lowest BCUT2D eigenvalue weighted by Crippen LogP contribution is -2.33. The molecule has 0 radical (unpaired) electrons. The lowest BCUT2D eigenvalue weighted by molar-refractivity contribution is -0.00586. The average Bonchev–Trinajstić information content (AvgIpc) is 2.83. The summed E-state index contributed by atoms with van der Waals surface area (Å²) in [5.41, 5.74) is 4.68. The molecular weight excluding hydrogens is 320 g/mol. The number of esters is 1. The normalized spacial score (nSPS) is 26.1. The van der Waals surface area contributed by atoms with Crippen LogP contribution in [0.3, 0.4) is 0 Å². The van der Waals surface area contributed by atoms with Crippen molar-refractivity contribution in [3.63, 3.8) is 0 Å². The molecule has 2 aliphatic rings. The van der Waals surface area contributed by atoms with Crippen molar-refractivity contribution in [3.05, 3.63) is 58.1 Å². The van der Waals surface area contributed by atoms with Gasteiger partial charge in [0, 0.05) is 22.8 Å². The van der Waals surface area contributed by atoms with E-state index in [1.54, 1.807) is 24.3 Å². The second-order valence-electron chi connectivity index (χ2n) is 7.83. The Kier molecular flexibility index (Phi) is 4.61. The lowest BCUT2D eigenvalue weighted by atomic mass is 9.80. The number of allylic oxidation sites excluding steroid dienone is 2. The van der Waals surface area contributed by atoms with Gasteiger partial charge in [0.2, 0.25) is 0 Å². The van der Waals surface area contributed by atoms with Crippen molar-refractivity contribution in [2.75, 3.05) is 0 Å². The topological polar surface area (TPSA) is 26.3 Å². The SMILES string of the molecule is C=C1C[C@@H](OC(=O)c2ccc(Cl)cc2)C(C)(C)CC2=C(C)CC[C@H]12. The van der Waals surface area contributed by atoms with Crippen LogP contribution in [0.5, 0.6) is 0 Å². The molecule has 0 bridgehead atoms. The average molecular weight is 345 g/mol. The Balaban J connectivity index is 1.82. The molecule has 1 saturated carbocycles. The largest absolute Gasteiger partial charge is 0.458 e. The van der Waals surface area contributed by atoms with Crippen LogP contribution in [-0.2, 0) is 4.74 Å². The van der Waals surface area contributed by atoms with E-state index in [4.69, 9.17) is 16.3 Å². The van der Waals surface area contributed by atoms with Crippen LogP contribution in [-0.4, -0.2) is 12.1 Å². The minimum Gasteiger partial charge on any atom is -0.458 e. The van der Waals surface area contributed by atoms with Gasteiger partial charge in [-0.15, -0.1) is 0 Å². The monoisotopic (exact) mass is 344 g/mol. The maximum atomic E-state index is 12.5. The predicted octanol–water partition coefficient (Wildman–Crippen LogP) is 5.97. The number of hydrogen-bond acceptors (Lipinski definition) is 2. The fourth-order valence-corrected chi connectivity index (χ4v) is 4.09. The Labute approximate surface area is 149 Å². The smallest absolute Gasteiger partial charge is 0.338 e. The Morgan fingerprint density at radius 3 is 2.62 bits per heavy atom. The summed E-state index contributed by atoms with van der Waals surface area (Å²) in [7, 11) is 0. The third-order valence-corrected chi connectivity index (χ3v) is 5.82. The van der Waals surface area contributed by atoms with E-state index in [9.17, 15) is 4.79 Å². The first kappa shape index (κ1) is 17.3. The molecule has 1 aromatic rings. The number of ether oxygens (including phenoxy) is 1. The number of carbonyl (C=O) groups is 1. The molecule has 128 valence electrons. The summed E-state index contributed by atoms with van der Waals surface area (Å²) in [6.45, 7) is 10.9. The van der Waals surface area contributed by atoms with Crippen LogP contribution >= 0.6 is 11.6 Å². The molecule has 2 aliphatic carbocycles. The van der Waals surface area contributed by atoms with Gasteiger partial charge in [0.05, 0.1) is 5.56 Å². The number of hydrogen-bond donors (Lipinski definition) is 0. The van der Waals surface area contributed by atoms with Crippen molar-refractivity contribution in [3.8, 4) is 0 Å². The zero-order chi connectivity index (χ0) is 17.5. The summed E-state index contributed by atoms with van der Waals surface area (Å²) in [5, 5.41) is 0.616. The molecule has 3 heteroatoms. The van der Waals surface area contributed by atoms with Gasteiger partial charge in [-0.3, -0.25) is 0 Å². The molecule has 2 nitrogen and oxygen atoms in total. The van der Waals surface area contributed by atoms with Gasteiger partial charge in [0.25, 0.3) is 0 Å². The van der Waals surface area contributed by atoms with E-state index in [0.29, 0.717) is 16.5 Å². The lowest BCUT2D eigenvalue weighted by Gasteiger charge is -2.32. The van der Waals surface area contributed by atoms with Gasteiger partial charge in [0.1, 0.15) is 6.10 Å². The van der Waals surface area contributed by atoms with Crippen LogP contribution in [0.4, 0.5) is 0 Å². The predicted molar refractivity (Wildman–Crippen MR) is 98.2 cm³/mol. The number of fused-ring (bicyclic) bond motifs is 1. The molecule has 0 aliphatic heterocycles. The second kappa shape index (κ2) is 6.40. The van der Waals surface area contributed by atoms with Gasteiger partial charge in [-0.2, -0.15) is 0 Å². The van der Waals surface area contributed by atoms with Crippen LogP contribution in [0.15, 0.2) is 47.6 Å². The Morgan fingerprint density at radius 2 is 1.96 bits per heavy atom. The molecule has 1 fully saturated rings. The highest BCUT2D eigenvalue weighted by atomic mass is 35.5. The first-order valence-corrected chi connectivity index (χ1v) is 8.98. The molecule has 0 amide bonds. The van der Waals surface area contributed by atoms with Gasteiger partial charge >= 0.3 is 5.97 Å². The number of rotatable bonds is 2. The second-order valence-corrected chi connectivity index (χ2v) is 8.26. The maximum absolute atomic E-state index is 12.5. The highest BCUT2D eigenvalue weighted by Gasteiger charge is 2.41. The van der Waals surface area contributed by atoms with Gasteiger partial charge < -0.3 is 4.74 Å². The molecule has 0 heterocycles. The molecule has 3 rings (SSSR count). The third-order valence-electron chi connectivity index (χ3n) is 5.56. The zero-order valence-corrected chi connectivity index (χ0v) is 15.5. The third kappa shape index (κ3) is 3.30. The van der Waals surface area contributed by atoms with Crippen LogP contribution in [0.25, 0.3) is 0 Å². The molecule has 2 atom stereocenters. The molecule has 0 N–H and O–H groups in total. The summed E-state index contributed by atoms with van der Waals surface area (Å²) in [5.74, 6) is 0.193. The van der Waals surface area contributed by atoms with E-state index in [-0.39, 0.29) is 17.5 Å². The van der Waals surface area contributed by atoms with E-state index >= 15 is 0 Å². The van der Waals surface area contributed by atoms with Crippen LogP contribution < -0.4 is 0 Å². The van der Waals surface area contributed by atoms with Crippen molar-refractivity contribution < 1.29 is 9.53 Å². The van der Waals surface area contributed by atoms with Crippen molar-refractivity contribution in [1.82, 2.24) is 0 Å². The summed E-state index contributed by atoms with van der Waals surface area (Å²) < 4.78 is 5.92. The molecule has 0 aromatic heterocycles. The molecule has 0 saturated heterocycles. The standard InChI is InChI=1S/C21H25ClO2/c1-13-5-10-17-14(2)11-19(21(3,4)12-18(13)17)24-20(23)15-6-8-16(22)9-7-15/h6-9,17,19H,2,5,10-12H2,1,3-4H3/t17-,19-/m1/s1. The first-order valence-electron chi connectivity index (χ1n) is 8.60. The zero-order valence-electron chi connectivity index (χ0n) is 14.7. The van der Waals surface area contributed by atoms with Crippen LogP contribution in [0.1, 0.15) is 56.8 Å². The Morgan fingerprint density at radius 1 is 1.29 bits per heavy atom. The number of carbonyl (C=O) groups excluding carboxylic acids is 1. The summed E-state index contributed by atoms with van der Waals surface area (Å²) in [4.78, 5) is 12.5. The Hall–Kier alpha value is -1.54. The van der Waals surface area contributed by atoms with Crippen molar-refractivity contribution >= 4 is 17.6 Å². The molecule has 0 unspecified atom stereocenters. The van der Waals surface area contributed by atoms with Gasteiger partial charge in [-0.1, -0.05) is 48.7 Å². The highest BCUT2D eigenvalue weighted by molar-refractivity contribution is 6.30. The van der Waals surface area contributed by atoms with E-state index in [2.05, 4.69) is 27.4 Å². The van der Waals surface area contributed by atoms with Gasteiger partial charge in [-0.25, -0.2) is 4.79 Å². The molecule has 24 heavy (non-hydrogen) atoms. The van der Waals surface area contributed by atoms with Gasteiger partial charge in [-0.05, 0) is 50.5 Å². The van der Waals surface area contributed by atoms with Crippen LogP contribution in [0, 0.1) is 11.3 Å². The van der Waals surface area contributed by atoms with E-state index in [1.807, 2.05) is 0 Å². The maximum Gasteiger partial charge on any atom is 0.338 e. The van der Waals surface area contributed by atoms with Crippen LogP contribution in [0.2, 0.25) is 5.02 Å². The molecule has 0 spiro atoms. The summed E-state index contributed by atoms with van der Waals surface area (Å²) in [6.07, 6.45) is 3.90. The Bertz CT molecular complexity index is 697. The van der Waals surface area contributed by atoms with Gasteiger partial charge in [0.15, 0.2) is 0 Å². The summed E-state index contributed by atoms with van der Waals surface area (Å²) in [6, 6.07) is 6.86. The minimum atomic E-state index is -0.282. The molecular formula is C21H25ClO2. The fraction of sp³-hybridized carbons (Fsp3) is 0.476. The summed E-state index contributed by atoms with van der Waals surface area (Å²) >= 11 is 5.89. The molecule has 1 aromatic carbocycles. The quantitative estimate of drug-likeness (QED) is 0.488. The highest BCUT2D eigenvalue weighted by Crippen LogP contribution is 2.49. The van der Waals surface area contributed by atoms with Crippen molar-refractivity contribution in [1.29, 1.82) is 0 Å².